The fourth-order valence-electron chi connectivity index (χ4n) is 2.20. The molecule has 0 unspecified atom stereocenters. The molecule has 0 saturated carbocycles. The third-order valence-corrected chi connectivity index (χ3v) is 3.21. The van der Waals surface area contributed by atoms with Crippen LogP contribution in [0.25, 0.3) is 0 Å². The van der Waals surface area contributed by atoms with Crippen LogP contribution >= 0.6 is 0 Å². The number of likely N-dealkylation sites (N-methyl/N-ethyl adjacent to an activating group) is 2. The standard InChI is InChI=1S/C16H26FN3O/c1-4-9-18-11-13-10-14(17)7-8-15(13)20(6-3)12-16(21)19-5-2/h7-8,10,18H,4-6,9,11-12H2,1-3H3,(H,19,21). The summed E-state index contributed by atoms with van der Waals surface area (Å²) < 4.78 is 13.5. The van der Waals surface area contributed by atoms with Crippen molar-refractivity contribution in [3.8, 4) is 0 Å². The second kappa shape index (κ2) is 9.34. The molecule has 21 heavy (non-hydrogen) atoms. The van der Waals surface area contributed by atoms with Gasteiger partial charge < -0.3 is 15.5 Å². The first-order valence-corrected chi connectivity index (χ1v) is 7.63. The maximum atomic E-state index is 13.5. The normalized spacial score (nSPS) is 10.5. The first-order valence-electron chi connectivity index (χ1n) is 7.63. The molecule has 0 fully saturated rings. The second-order valence-corrected chi connectivity index (χ2v) is 4.92. The van der Waals surface area contributed by atoms with Crippen molar-refractivity contribution in [1.82, 2.24) is 10.6 Å². The molecule has 0 heterocycles. The van der Waals surface area contributed by atoms with Gasteiger partial charge in [0.15, 0.2) is 0 Å². The number of benzene rings is 1. The number of halogens is 1. The van der Waals surface area contributed by atoms with E-state index in [2.05, 4.69) is 17.6 Å². The van der Waals surface area contributed by atoms with Gasteiger partial charge in [-0.3, -0.25) is 4.79 Å². The quantitative estimate of drug-likeness (QED) is 0.687. The minimum atomic E-state index is -0.249. The second-order valence-electron chi connectivity index (χ2n) is 4.92. The van der Waals surface area contributed by atoms with Crippen LogP contribution in [0.1, 0.15) is 32.8 Å². The van der Waals surface area contributed by atoms with Crippen LogP contribution in [0.2, 0.25) is 0 Å². The van der Waals surface area contributed by atoms with Crippen LogP contribution in [0.3, 0.4) is 0 Å². The Bertz CT molecular complexity index is 451. The molecule has 1 aromatic rings. The van der Waals surface area contributed by atoms with Crippen LogP contribution in [0.4, 0.5) is 10.1 Å². The largest absolute Gasteiger partial charge is 0.362 e. The van der Waals surface area contributed by atoms with Crippen molar-refractivity contribution in [3.63, 3.8) is 0 Å². The van der Waals surface area contributed by atoms with Gasteiger partial charge in [-0.05, 0) is 50.6 Å². The van der Waals surface area contributed by atoms with E-state index in [0.29, 0.717) is 19.6 Å². The van der Waals surface area contributed by atoms with Gasteiger partial charge in [0.2, 0.25) is 5.91 Å². The lowest BCUT2D eigenvalue weighted by molar-refractivity contribution is -0.119. The van der Waals surface area contributed by atoms with Crippen molar-refractivity contribution in [2.75, 3.05) is 31.1 Å². The van der Waals surface area contributed by atoms with Gasteiger partial charge in [0.1, 0.15) is 5.82 Å². The highest BCUT2D eigenvalue weighted by molar-refractivity contribution is 5.81. The number of carbonyl (C=O) groups is 1. The van der Waals surface area contributed by atoms with Crippen LogP contribution in [0, 0.1) is 5.82 Å². The predicted molar refractivity (Wildman–Crippen MR) is 85.0 cm³/mol. The SMILES string of the molecule is CCCNCc1cc(F)ccc1N(CC)CC(=O)NCC. The van der Waals surface area contributed by atoms with Gasteiger partial charge in [-0.2, -0.15) is 0 Å². The van der Waals surface area contributed by atoms with E-state index in [0.717, 1.165) is 24.2 Å². The molecule has 118 valence electrons. The molecular weight excluding hydrogens is 269 g/mol. The molecule has 5 heteroatoms. The highest BCUT2D eigenvalue weighted by Gasteiger charge is 2.13. The van der Waals surface area contributed by atoms with Crippen LogP contribution in [0.15, 0.2) is 18.2 Å². The molecule has 0 aliphatic heterocycles. The minimum Gasteiger partial charge on any atom is -0.362 e. The molecule has 1 rings (SSSR count). The number of nitrogens with one attached hydrogen (secondary N) is 2. The molecule has 1 aromatic carbocycles. The Labute approximate surface area is 126 Å². The summed E-state index contributed by atoms with van der Waals surface area (Å²) >= 11 is 0. The predicted octanol–water partition coefficient (Wildman–Crippen LogP) is 2.29. The molecule has 2 N–H and O–H groups in total. The molecule has 0 saturated heterocycles. The molecule has 0 aliphatic rings. The van der Waals surface area contributed by atoms with E-state index in [1.807, 2.05) is 18.7 Å². The van der Waals surface area contributed by atoms with Crippen molar-refractivity contribution in [1.29, 1.82) is 0 Å². The Morgan fingerprint density at radius 3 is 2.67 bits per heavy atom. The van der Waals surface area contributed by atoms with Crippen molar-refractivity contribution in [3.05, 3.63) is 29.6 Å². The summed E-state index contributed by atoms with van der Waals surface area (Å²) in [6.07, 6.45) is 1.03. The average Bonchev–Trinajstić information content (AvgIpc) is 2.46. The monoisotopic (exact) mass is 295 g/mol. The summed E-state index contributed by atoms with van der Waals surface area (Å²) in [5.41, 5.74) is 1.79. The van der Waals surface area contributed by atoms with Gasteiger partial charge in [0.05, 0.1) is 6.54 Å². The molecule has 0 atom stereocenters. The van der Waals surface area contributed by atoms with E-state index in [9.17, 15) is 9.18 Å². The molecular formula is C16H26FN3O. The lowest BCUT2D eigenvalue weighted by atomic mass is 10.1. The lowest BCUT2D eigenvalue weighted by Crippen LogP contribution is -2.37. The smallest absolute Gasteiger partial charge is 0.239 e. The molecule has 0 radical (unpaired) electrons. The Balaban J connectivity index is 2.88. The van der Waals surface area contributed by atoms with E-state index in [1.165, 1.54) is 6.07 Å². The van der Waals surface area contributed by atoms with E-state index in [4.69, 9.17) is 0 Å². The third kappa shape index (κ3) is 5.71. The van der Waals surface area contributed by atoms with E-state index < -0.39 is 0 Å². The van der Waals surface area contributed by atoms with Crippen molar-refractivity contribution >= 4 is 11.6 Å². The van der Waals surface area contributed by atoms with Crippen LogP contribution in [-0.2, 0) is 11.3 Å². The third-order valence-electron chi connectivity index (χ3n) is 3.21. The van der Waals surface area contributed by atoms with Crippen LogP contribution < -0.4 is 15.5 Å². The zero-order valence-electron chi connectivity index (χ0n) is 13.2. The van der Waals surface area contributed by atoms with Crippen molar-refractivity contribution < 1.29 is 9.18 Å². The number of anilines is 1. The van der Waals surface area contributed by atoms with Gasteiger partial charge in [0.25, 0.3) is 0 Å². The Morgan fingerprint density at radius 1 is 1.29 bits per heavy atom. The summed E-state index contributed by atoms with van der Waals surface area (Å²) in [6.45, 7) is 9.07. The first-order chi connectivity index (χ1) is 10.1. The fraction of sp³-hybridized carbons (Fsp3) is 0.562. The lowest BCUT2D eigenvalue weighted by Gasteiger charge is -2.25. The van der Waals surface area contributed by atoms with E-state index in [-0.39, 0.29) is 18.3 Å². The number of rotatable bonds is 9. The highest BCUT2D eigenvalue weighted by Crippen LogP contribution is 2.21. The maximum absolute atomic E-state index is 13.5. The van der Waals surface area contributed by atoms with E-state index in [1.54, 1.807) is 12.1 Å². The number of hydrogen-bond acceptors (Lipinski definition) is 3. The van der Waals surface area contributed by atoms with Gasteiger partial charge >= 0.3 is 0 Å². The number of amides is 1. The Hall–Kier alpha value is -1.62. The minimum absolute atomic E-state index is 0.0175. The van der Waals surface area contributed by atoms with E-state index >= 15 is 0 Å². The summed E-state index contributed by atoms with van der Waals surface area (Å²) in [5.74, 6) is -0.266. The van der Waals surface area contributed by atoms with Gasteiger partial charge in [-0.1, -0.05) is 6.92 Å². The summed E-state index contributed by atoms with van der Waals surface area (Å²) in [4.78, 5) is 13.7. The molecule has 1 amide bonds. The number of nitrogens with zero attached hydrogens (tertiary/aromatic N) is 1. The topological polar surface area (TPSA) is 44.4 Å². The first kappa shape index (κ1) is 17.4. The number of hydrogen-bond donors (Lipinski definition) is 2. The molecule has 0 bridgehead atoms. The number of carbonyl (C=O) groups excluding carboxylic acids is 1. The molecule has 4 nitrogen and oxygen atoms in total. The van der Waals surface area contributed by atoms with Gasteiger partial charge in [-0.25, -0.2) is 4.39 Å². The molecule has 0 spiro atoms. The summed E-state index contributed by atoms with van der Waals surface area (Å²) in [6, 6.07) is 4.73. The maximum Gasteiger partial charge on any atom is 0.239 e. The Kier molecular flexibility index (Phi) is 7.75. The van der Waals surface area contributed by atoms with Crippen molar-refractivity contribution in [2.45, 2.75) is 33.7 Å². The zero-order chi connectivity index (χ0) is 15.7. The van der Waals surface area contributed by atoms with Gasteiger partial charge in [-0.15, -0.1) is 0 Å². The summed E-state index contributed by atoms with van der Waals surface area (Å²) in [5, 5.41) is 6.08. The molecule has 0 aliphatic carbocycles. The summed E-state index contributed by atoms with van der Waals surface area (Å²) in [7, 11) is 0. The fourth-order valence-corrected chi connectivity index (χ4v) is 2.20. The average molecular weight is 295 g/mol. The Morgan fingerprint density at radius 2 is 2.05 bits per heavy atom. The zero-order valence-corrected chi connectivity index (χ0v) is 13.2. The van der Waals surface area contributed by atoms with Crippen LogP contribution in [0.5, 0.6) is 0 Å². The highest BCUT2D eigenvalue weighted by atomic mass is 19.1. The van der Waals surface area contributed by atoms with Crippen LogP contribution in [-0.4, -0.2) is 32.1 Å². The van der Waals surface area contributed by atoms with Gasteiger partial charge in [0, 0.05) is 25.3 Å². The van der Waals surface area contributed by atoms with Crippen molar-refractivity contribution in [2.24, 2.45) is 0 Å². The molecule has 0 aromatic heterocycles.